The highest BCUT2D eigenvalue weighted by molar-refractivity contribution is 6.39. The Hall–Kier alpha value is -1.89. The van der Waals surface area contributed by atoms with E-state index in [1.165, 1.54) is 25.7 Å². The van der Waals surface area contributed by atoms with Crippen molar-refractivity contribution in [3.63, 3.8) is 0 Å². The standard InChI is InChI=1S/C18H29N5O2/c1-18(8-5-9-19-11-18)12-20-16(24)17(25)21-15-10-14(23(2)22-15)13-6-3-4-7-13/h10,13,19H,3-9,11-12H2,1-2H3,(H,20,24)(H,21,22,25). The largest absolute Gasteiger partial charge is 0.347 e. The van der Waals surface area contributed by atoms with Gasteiger partial charge in [0, 0.05) is 37.8 Å². The molecule has 2 heterocycles. The van der Waals surface area contributed by atoms with Crippen molar-refractivity contribution >= 4 is 17.6 Å². The molecule has 7 nitrogen and oxygen atoms in total. The van der Waals surface area contributed by atoms with E-state index in [9.17, 15) is 9.59 Å². The van der Waals surface area contributed by atoms with E-state index in [2.05, 4.69) is 28.0 Å². The molecule has 3 N–H and O–H groups in total. The van der Waals surface area contributed by atoms with Crippen LogP contribution in [0, 0.1) is 5.41 Å². The number of rotatable bonds is 4. The molecule has 2 aliphatic rings. The Labute approximate surface area is 148 Å². The van der Waals surface area contributed by atoms with Gasteiger partial charge in [0.15, 0.2) is 5.82 Å². The summed E-state index contributed by atoms with van der Waals surface area (Å²) in [5.41, 5.74) is 1.14. The molecule has 1 atom stereocenters. The Balaban J connectivity index is 1.53. The molecule has 1 saturated carbocycles. The number of hydrogen-bond acceptors (Lipinski definition) is 4. The first-order valence-electron chi connectivity index (χ1n) is 9.31. The maximum atomic E-state index is 12.1. The lowest BCUT2D eigenvalue weighted by molar-refractivity contribution is -0.136. The van der Waals surface area contributed by atoms with Crippen LogP contribution in [0.2, 0.25) is 0 Å². The number of hydrogen-bond donors (Lipinski definition) is 3. The van der Waals surface area contributed by atoms with Gasteiger partial charge in [-0.3, -0.25) is 14.3 Å². The zero-order valence-electron chi connectivity index (χ0n) is 15.2. The van der Waals surface area contributed by atoms with Gasteiger partial charge in [-0.25, -0.2) is 0 Å². The molecular weight excluding hydrogens is 318 g/mol. The Morgan fingerprint density at radius 1 is 1.32 bits per heavy atom. The molecule has 1 aliphatic heterocycles. The second-order valence-electron chi connectivity index (χ2n) is 7.79. The molecule has 7 heteroatoms. The topological polar surface area (TPSA) is 88.0 Å². The Bertz CT molecular complexity index is 627. The van der Waals surface area contributed by atoms with E-state index in [4.69, 9.17) is 0 Å². The third-order valence-electron chi connectivity index (χ3n) is 5.50. The van der Waals surface area contributed by atoms with Gasteiger partial charge in [-0.05, 0) is 37.6 Å². The van der Waals surface area contributed by atoms with Crippen LogP contribution in [-0.2, 0) is 16.6 Å². The fourth-order valence-corrected chi connectivity index (χ4v) is 3.96. The van der Waals surface area contributed by atoms with Gasteiger partial charge in [0.1, 0.15) is 0 Å². The van der Waals surface area contributed by atoms with Crippen molar-refractivity contribution in [3.8, 4) is 0 Å². The zero-order chi connectivity index (χ0) is 17.9. The number of nitrogens with zero attached hydrogens (tertiary/aromatic N) is 2. The molecule has 1 saturated heterocycles. The fourth-order valence-electron chi connectivity index (χ4n) is 3.96. The van der Waals surface area contributed by atoms with Crippen LogP contribution in [0.5, 0.6) is 0 Å². The number of anilines is 1. The van der Waals surface area contributed by atoms with Gasteiger partial charge in [0.25, 0.3) is 0 Å². The third-order valence-corrected chi connectivity index (χ3v) is 5.50. The average Bonchev–Trinajstić information content (AvgIpc) is 3.23. The molecule has 1 aromatic heterocycles. The predicted molar refractivity (Wildman–Crippen MR) is 96.3 cm³/mol. The summed E-state index contributed by atoms with van der Waals surface area (Å²) in [6.45, 7) is 4.51. The maximum Gasteiger partial charge on any atom is 0.314 e. The van der Waals surface area contributed by atoms with Crippen molar-refractivity contribution in [1.29, 1.82) is 0 Å². The van der Waals surface area contributed by atoms with Crippen molar-refractivity contribution in [1.82, 2.24) is 20.4 Å². The maximum absolute atomic E-state index is 12.1. The SMILES string of the molecule is Cn1nc(NC(=O)C(=O)NCC2(C)CCCNC2)cc1C1CCCC1. The summed E-state index contributed by atoms with van der Waals surface area (Å²) in [6.07, 6.45) is 6.96. The number of aromatic nitrogens is 2. The first-order valence-corrected chi connectivity index (χ1v) is 9.31. The number of aryl methyl sites for hydroxylation is 1. The molecular formula is C18H29N5O2. The Morgan fingerprint density at radius 3 is 2.76 bits per heavy atom. The van der Waals surface area contributed by atoms with Crippen LogP contribution in [0.1, 0.15) is 57.1 Å². The van der Waals surface area contributed by atoms with E-state index in [1.807, 2.05) is 17.8 Å². The zero-order valence-corrected chi connectivity index (χ0v) is 15.2. The summed E-state index contributed by atoms with van der Waals surface area (Å²) in [4.78, 5) is 24.2. The summed E-state index contributed by atoms with van der Waals surface area (Å²) >= 11 is 0. The normalized spacial score (nSPS) is 24.2. The summed E-state index contributed by atoms with van der Waals surface area (Å²) in [5, 5.41) is 13.1. The minimum Gasteiger partial charge on any atom is -0.347 e. The predicted octanol–water partition coefficient (Wildman–Crippen LogP) is 1.52. The Kier molecular flexibility index (Phi) is 5.42. The molecule has 25 heavy (non-hydrogen) atoms. The van der Waals surface area contributed by atoms with Crippen LogP contribution in [-0.4, -0.2) is 41.2 Å². The first-order chi connectivity index (χ1) is 12.0. The number of amides is 2. The highest BCUT2D eigenvalue weighted by Crippen LogP contribution is 2.34. The van der Waals surface area contributed by atoms with Gasteiger partial charge in [-0.15, -0.1) is 0 Å². The number of carbonyl (C=O) groups excluding carboxylic acids is 2. The van der Waals surface area contributed by atoms with Crippen LogP contribution in [0.25, 0.3) is 0 Å². The fraction of sp³-hybridized carbons (Fsp3) is 0.722. The van der Waals surface area contributed by atoms with E-state index in [-0.39, 0.29) is 5.41 Å². The molecule has 1 unspecified atom stereocenters. The summed E-state index contributed by atoms with van der Waals surface area (Å²) in [5.74, 6) is -0.283. The van der Waals surface area contributed by atoms with Gasteiger partial charge in [0.05, 0.1) is 0 Å². The lowest BCUT2D eigenvalue weighted by Gasteiger charge is -2.34. The Morgan fingerprint density at radius 2 is 2.08 bits per heavy atom. The molecule has 0 radical (unpaired) electrons. The van der Waals surface area contributed by atoms with E-state index < -0.39 is 11.8 Å². The van der Waals surface area contributed by atoms with Crippen molar-refractivity contribution in [2.45, 2.75) is 51.4 Å². The van der Waals surface area contributed by atoms with E-state index >= 15 is 0 Å². The lowest BCUT2D eigenvalue weighted by Crippen LogP contribution is -2.47. The van der Waals surface area contributed by atoms with Crippen LogP contribution in [0.15, 0.2) is 6.07 Å². The second kappa shape index (κ2) is 7.56. The minimum atomic E-state index is -0.650. The monoisotopic (exact) mass is 347 g/mol. The molecule has 2 fully saturated rings. The number of piperidine rings is 1. The quantitative estimate of drug-likeness (QED) is 0.721. The molecule has 0 bridgehead atoms. The lowest BCUT2D eigenvalue weighted by atomic mass is 9.83. The number of carbonyl (C=O) groups is 2. The van der Waals surface area contributed by atoms with Gasteiger partial charge < -0.3 is 16.0 Å². The van der Waals surface area contributed by atoms with E-state index in [0.29, 0.717) is 18.3 Å². The van der Waals surface area contributed by atoms with Crippen molar-refractivity contribution in [2.75, 3.05) is 25.0 Å². The van der Waals surface area contributed by atoms with Crippen molar-refractivity contribution in [2.24, 2.45) is 12.5 Å². The number of nitrogens with one attached hydrogen (secondary N) is 3. The first kappa shape index (κ1) is 17.9. The van der Waals surface area contributed by atoms with Crippen molar-refractivity contribution in [3.05, 3.63) is 11.8 Å². The molecule has 1 aliphatic carbocycles. The molecule has 138 valence electrons. The molecule has 0 aromatic carbocycles. The van der Waals surface area contributed by atoms with Crippen LogP contribution < -0.4 is 16.0 Å². The third kappa shape index (κ3) is 4.39. The average molecular weight is 347 g/mol. The summed E-state index contributed by atoms with van der Waals surface area (Å²) in [6, 6.07) is 1.90. The van der Waals surface area contributed by atoms with E-state index in [0.717, 1.165) is 31.6 Å². The van der Waals surface area contributed by atoms with Crippen molar-refractivity contribution < 1.29 is 9.59 Å². The van der Waals surface area contributed by atoms with Crippen LogP contribution >= 0.6 is 0 Å². The summed E-state index contributed by atoms with van der Waals surface area (Å²) in [7, 11) is 1.89. The smallest absolute Gasteiger partial charge is 0.314 e. The van der Waals surface area contributed by atoms with Gasteiger partial charge >= 0.3 is 11.8 Å². The summed E-state index contributed by atoms with van der Waals surface area (Å²) < 4.78 is 1.82. The molecule has 3 rings (SSSR count). The van der Waals surface area contributed by atoms with Crippen LogP contribution in [0.4, 0.5) is 5.82 Å². The highest BCUT2D eigenvalue weighted by atomic mass is 16.2. The molecule has 1 aromatic rings. The van der Waals surface area contributed by atoms with Gasteiger partial charge in [0.2, 0.25) is 0 Å². The van der Waals surface area contributed by atoms with Gasteiger partial charge in [-0.2, -0.15) is 5.10 Å². The van der Waals surface area contributed by atoms with E-state index in [1.54, 1.807) is 0 Å². The molecule has 2 amide bonds. The molecule has 0 spiro atoms. The second-order valence-corrected chi connectivity index (χ2v) is 7.79. The van der Waals surface area contributed by atoms with Gasteiger partial charge in [-0.1, -0.05) is 19.8 Å². The minimum absolute atomic E-state index is 0.00876. The highest BCUT2D eigenvalue weighted by Gasteiger charge is 2.28. The van der Waals surface area contributed by atoms with Crippen LogP contribution in [0.3, 0.4) is 0 Å².